The first-order valence-electron chi connectivity index (χ1n) is 6.55. The van der Waals surface area contributed by atoms with Crippen LogP contribution in [0.4, 0.5) is 0 Å². The lowest BCUT2D eigenvalue weighted by atomic mass is 10.2. The number of tetrazole rings is 1. The molecule has 0 aliphatic heterocycles. The van der Waals surface area contributed by atoms with E-state index in [9.17, 15) is 4.55 Å². The van der Waals surface area contributed by atoms with E-state index in [0.717, 1.165) is 35.4 Å². The lowest BCUT2D eigenvalue weighted by molar-refractivity contribution is 0.588. The minimum absolute atomic E-state index is 0.602. The number of aromatic nitrogens is 6. The van der Waals surface area contributed by atoms with Crippen LogP contribution in [-0.2, 0) is 24.6 Å². The van der Waals surface area contributed by atoms with Crippen molar-refractivity contribution in [2.75, 3.05) is 5.75 Å². The molecule has 0 fully saturated rings. The van der Waals surface area contributed by atoms with E-state index in [2.05, 4.69) is 25.5 Å². The Hall–Kier alpha value is -1.58. The summed E-state index contributed by atoms with van der Waals surface area (Å²) in [5.74, 6) is 1.45. The van der Waals surface area contributed by atoms with Crippen molar-refractivity contribution >= 4 is 32.9 Å². The van der Waals surface area contributed by atoms with Crippen molar-refractivity contribution < 1.29 is 4.55 Å². The molecule has 0 saturated heterocycles. The summed E-state index contributed by atoms with van der Waals surface area (Å²) in [7, 11) is 1.82. The Bertz CT molecular complexity index is 694. The van der Waals surface area contributed by atoms with Crippen molar-refractivity contribution in [3.63, 3.8) is 0 Å². The highest BCUT2D eigenvalue weighted by Gasteiger charge is 2.17. The smallest absolute Gasteiger partial charge is 0.304 e. The standard InChI is InChI=1S/C12H14N6OS2/c1-18-10(15-16-17-18)6-2-3-8-21(19)12-14-9-5-4-7-13-11(9)20-12/h4-5,7H,2-3,6,8H2,1H3. The first kappa shape index (κ1) is 14.4. The van der Waals surface area contributed by atoms with Gasteiger partial charge in [-0.05, 0) is 46.7 Å². The van der Waals surface area contributed by atoms with Gasteiger partial charge in [0, 0.05) is 30.8 Å². The molecule has 3 heterocycles. The molecule has 0 spiro atoms. The molecule has 1 atom stereocenters. The fourth-order valence-electron chi connectivity index (χ4n) is 1.91. The molecule has 0 aromatic carbocycles. The third kappa shape index (κ3) is 3.36. The largest absolute Gasteiger partial charge is 0.610 e. The maximum Gasteiger partial charge on any atom is 0.304 e. The van der Waals surface area contributed by atoms with Gasteiger partial charge in [-0.2, -0.15) is 4.98 Å². The monoisotopic (exact) mass is 322 g/mol. The van der Waals surface area contributed by atoms with E-state index in [1.807, 2.05) is 19.2 Å². The van der Waals surface area contributed by atoms with Crippen LogP contribution in [0.25, 0.3) is 10.3 Å². The number of thiazole rings is 1. The predicted molar refractivity (Wildman–Crippen MR) is 80.4 cm³/mol. The van der Waals surface area contributed by atoms with E-state index in [4.69, 9.17) is 0 Å². The number of pyridine rings is 1. The van der Waals surface area contributed by atoms with Crippen molar-refractivity contribution in [3.8, 4) is 0 Å². The number of fused-ring (bicyclic) bond motifs is 1. The lowest BCUT2D eigenvalue weighted by Gasteiger charge is -2.05. The van der Waals surface area contributed by atoms with Gasteiger partial charge in [-0.1, -0.05) is 0 Å². The van der Waals surface area contributed by atoms with Crippen LogP contribution >= 0.6 is 11.3 Å². The molecule has 0 radical (unpaired) electrons. The minimum Gasteiger partial charge on any atom is -0.610 e. The third-order valence-corrected chi connectivity index (χ3v) is 5.75. The molecular weight excluding hydrogens is 308 g/mol. The van der Waals surface area contributed by atoms with Crippen molar-refractivity contribution in [1.82, 2.24) is 30.2 Å². The van der Waals surface area contributed by atoms with Crippen LogP contribution < -0.4 is 0 Å². The second-order valence-electron chi connectivity index (χ2n) is 4.53. The first-order chi connectivity index (χ1) is 10.2. The first-order valence-corrected chi connectivity index (χ1v) is 8.69. The number of rotatable bonds is 6. The van der Waals surface area contributed by atoms with Crippen molar-refractivity contribution in [3.05, 3.63) is 24.2 Å². The summed E-state index contributed by atoms with van der Waals surface area (Å²) in [5.41, 5.74) is 0.816. The van der Waals surface area contributed by atoms with Crippen LogP contribution in [0.2, 0.25) is 0 Å². The Morgan fingerprint density at radius 2 is 2.29 bits per heavy atom. The molecule has 0 bridgehead atoms. The lowest BCUT2D eigenvalue weighted by Crippen LogP contribution is -2.07. The number of unbranched alkanes of at least 4 members (excludes halogenated alkanes) is 1. The van der Waals surface area contributed by atoms with Crippen LogP contribution in [0.3, 0.4) is 0 Å². The van der Waals surface area contributed by atoms with Gasteiger partial charge in [0.05, 0.1) is 0 Å². The minimum atomic E-state index is -1.06. The average molecular weight is 322 g/mol. The number of hydrogen-bond donors (Lipinski definition) is 0. The van der Waals surface area contributed by atoms with Crippen LogP contribution in [0, 0.1) is 0 Å². The summed E-state index contributed by atoms with van der Waals surface area (Å²) in [6.45, 7) is 0. The van der Waals surface area contributed by atoms with Gasteiger partial charge in [0.15, 0.2) is 5.82 Å². The molecule has 3 rings (SSSR count). The van der Waals surface area contributed by atoms with Crippen molar-refractivity contribution in [2.45, 2.75) is 23.6 Å². The summed E-state index contributed by atoms with van der Waals surface area (Å²) in [6.07, 6.45) is 4.27. The van der Waals surface area contributed by atoms with Gasteiger partial charge in [0.1, 0.15) is 16.1 Å². The topological polar surface area (TPSA) is 92.4 Å². The number of hydrogen-bond acceptors (Lipinski definition) is 7. The highest BCUT2D eigenvalue weighted by atomic mass is 32.2. The summed E-state index contributed by atoms with van der Waals surface area (Å²) >= 11 is 0.344. The second kappa shape index (κ2) is 6.46. The van der Waals surface area contributed by atoms with Crippen LogP contribution in [-0.4, -0.2) is 40.5 Å². The van der Waals surface area contributed by atoms with Crippen LogP contribution in [0.5, 0.6) is 0 Å². The zero-order chi connectivity index (χ0) is 14.7. The van der Waals surface area contributed by atoms with Gasteiger partial charge >= 0.3 is 4.34 Å². The molecule has 3 aromatic heterocycles. The zero-order valence-electron chi connectivity index (χ0n) is 11.5. The van der Waals surface area contributed by atoms with Gasteiger partial charge in [-0.15, -0.1) is 5.10 Å². The summed E-state index contributed by atoms with van der Waals surface area (Å²) in [5, 5.41) is 11.3. The molecule has 110 valence electrons. The average Bonchev–Trinajstić information content (AvgIpc) is 3.09. The second-order valence-corrected chi connectivity index (χ2v) is 7.25. The van der Waals surface area contributed by atoms with Gasteiger partial charge in [-0.3, -0.25) is 0 Å². The molecule has 1 unspecified atom stereocenters. The van der Waals surface area contributed by atoms with E-state index in [1.54, 1.807) is 10.9 Å². The maximum absolute atomic E-state index is 12.2. The Morgan fingerprint density at radius 3 is 3.05 bits per heavy atom. The molecular formula is C12H14N6OS2. The molecule has 0 aliphatic rings. The quantitative estimate of drug-likeness (QED) is 0.502. The Kier molecular flexibility index (Phi) is 4.42. The highest BCUT2D eigenvalue weighted by molar-refractivity contribution is 7.93. The van der Waals surface area contributed by atoms with E-state index in [1.165, 1.54) is 11.3 Å². The SMILES string of the molecule is Cn1nnnc1CCCC[S+]([O-])c1nc2cccnc2s1. The Morgan fingerprint density at radius 1 is 1.38 bits per heavy atom. The van der Waals surface area contributed by atoms with E-state index < -0.39 is 11.2 Å². The molecule has 7 nitrogen and oxygen atoms in total. The molecule has 3 aromatic rings. The summed E-state index contributed by atoms with van der Waals surface area (Å²) in [6, 6.07) is 3.73. The van der Waals surface area contributed by atoms with E-state index in [0.29, 0.717) is 10.1 Å². The fourth-order valence-corrected chi connectivity index (χ4v) is 4.25. The predicted octanol–water partition coefficient (Wildman–Crippen LogP) is 1.35. The molecule has 0 saturated carbocycles. The van der Waals surface area contributed by atoms with Crippen LogP contribution in [0.1, 0.15) is 18.7 Å². The maximum atomic E-state index is 12.2. The van der Waals surface area contributed by atoms with Gasteiger partial charge in [0.25, 0.3) is 0 Å². The third-order valence-electron chi connectivity index (χ3n) is 3.03. The van der Waals surface area contributed by atoms with Crippen molar-refractivity contribution in [1.29, 1.82) is 0 Å². The van der Waals surface area contributed by atoms with Crippen molar-refractivity contribution in [2.24, 2.45) is 7.05 Å². The molecule has 21 heavy (non-hydrogen) atoms. The molecule has 0 N–H and O–H groups in total. The van der Waals surface area contributed by atoms with Gasteiger partial charge in [0.2, 0.25) is 0 Å². The normalized spacial score (nSPS) is 12.9. The highest BCUT2D eigenvalue weighted by Crippen LogP contribution is 2.24. The van der Waals surface area contributed by atoms with E-state index >= 15 is 0 Å². The molecule has 0 aliphatic carbocycles. The summed E-state index contributed by atoms with van der Waals surface area (Å²) < 4.78 is 14.5. The number of nitrogens with zero attached hydrogens (tertiary/aromatic N) is 6. The van der Waals surface area contributed by atoms with Crippen LogP contribution in [0.15, 0.2) is 22.7 Å². The summed E-state index contributed by atoms with van der Waals surface area (Å²) in [4.78, 5) is 9.43. The molecule has 0 amide bonds. The Labute approximate surface area is 128 Å². The van der Waals surface area contributed by atoms with Gasteiger partial charge < -0.3 is 4.55 Å². The molecule has 9 heteroatoms. The zero-order valence-corrected chi connectivity index (χ0v) is 13.1. The number of aryl methyl sites for hydroxylation is 2. The fraction of sp³-hybridized carbons (Fsp3) is 0.417. The van der Waals surface area contributed by atoms with E-state index in [-0.39, 0.29) is 0 Å². The van der Waals surface area contributed by atoms with Gasteiger partial charge in [-0.25, -0.2) is 9.67 Å². The Balaban J connectivity index is 1.52.